The van der Waals surface area contributed by atoms with Gasteiger partial charge in [0.2, 0.25) is 5.91 Å². The van der Waals surface area contributed by atoms with Gasteiger partial charge in [0.25, 0.3) is 5.91 Å². The standard InChI is InChI=1S/C23H20F3N5O3/c1-14(32)29-18-12-15(22(33)30-21(23(24,25)26)19-6-4-10-34-19)11-17-20(18)31(13-28-17)9-7-16-5-2-3-8-27-16/h2-6,8,10-13,21H,7,9H2,1H3,(H,29,32)(H,30,33)/t21-/m0/s1. The quantitative estimate of drug-likeness (QED) is 0.419. The minimum absolute atomic E-state index is 0.0907. The van der Waals surface area contributed by atoms with E-state index in [0.29, 0.717) is 24.0 Å². The second kappa shape index (κ2) is 9.38. The van der Waals surface area contributed by atoms with E-state index in [9.17, 15) is 22.8 Å². The SMILES string of the molecule is CC(=O)Nc1cc(C(=O)N[C@@H](c2ccco2)C(F)(F)F)cc2ncn(CCc3ccccn3)c12. The van der Waals surface area contributed by atoms with Crippen molar-refractivity contribution in [3.05, 3.63) is 78.3 Å². The molecule has 8 nitrogen and oxygen atoms in total. The molecule has 0 spiro atoms. The average molecular weight is 471 g/mol. The monoisotopic (exact) mass is 471 g/mol. The van der Waals surface area contributed by atoms with E-state index >= 15 is 0 Å². The van der Waals surface area contributed by atoms with E-state index in [1.165, 1.54) is 25.1 Å². The number of nitrogens with one attached hydrogen (secondary N) is 2. The van der Waals surface area contributed by atoms with Crippen molar-refractivity contribution in [1.29, 1.82) is 0 Å². The molecule has 4 rings (SSSR count). The van der Waals surface area contributed by atoms with Crippen LogP contribution in [0.2, 0.25) is 0 Å². The van der Waals surface area contributed by atoms with Crippen molar-refractivity contribution in [3.63, 3.8) is 0 Å². The van der Waals surface area contributed by atoms with Crippen LogP contribution in [-0.2, 0) is 17.8 Å². The maximum atomic E-state index is 13.5. The molecule has 1 atom stereocenters. The van der Waals surface area contributed by atoms with E-state index in [1.54, 1.807) is 17.1 Å². The fourth-order valence-corrected chi connectivity index (χ4v) is 3.56. The lowest BCUT2D eigenvalue weighted by Crippen LogP contribution is -2.38. The Kier molecular flexibility index (Phi) is 6.35. The lowest BCUT2D eigenvalue weighted by atomic mass is 10.1. The molecule has 3 heterocycles. The molecule has 0 aliphatic heterocycles. The number of halogens is 3. The number of hydrogen-bond donors (Lipinski definition) is 2. The molecule has 0 bridgehead atoms. The Labute approximate surface area is 191 Å². The summed E-state index contributed by atoms with van der Waals surface area (Å²) >= 11 is 0. The predicted octanol–water partition coefficient (Wildman–Crippen LogP) is 4.26. The van der Waals surface area contributed by atoms with Crippen LogP contribution in [-0.4, -0.2) is 32.5 Å². The van der Waals surface area contributed by atoms with Crippen LogP contribution in [0.1, 0.15) is 34.8 Å². The summed E-state index contributed by atoms with van der Waals surface area (Å²) in [6.07, 6.45) is 0.141. The molecule has 0 aliphatic rings. The zero-order valence-electron chi connectivity index (χ0n) is 18.0. The van der Waals surface area contributed by atoms with Crippen molar-refractivity contribution in [1.82, 2.24) is 19.9 Å². The number of rotatable bonds is 7. The van der Waals surface area contributed by atoms with Crippen LogP contribution in [0.5, 0.6) is 0 Å². The van der Waals surface area contributed by atoms with Gasteiger partial charge in [0.15, 0.2) is 6.04 Å². The summed E-state index contributed by atoms with van der Waals surface area (Å²) in [6, 6.07) is 8.38. The Morgan fingerprint density at radius 3 is 2.62 bits per heavy atom. The van der Waals surface area contributed by atoms with Gasteiger partial charge in [-0.25, -0.2) is 4.98 Å². The van der Waals surface area contributed by atoms with Crippen LogP contribution in [0.15, 0.2) is 65.7 Å². The van der Waals surface area contributed by atoms with Crippen molar-refractivity contribution in [2.75, 3.05) is 5.32 Å². The van der Waals surface area contributed by atoms with Gasteiger partial charge in [0.05, 0.1) is 29.3 Å². The molecule has 34 heavy (non-hydrogen) atoms. The van der Waals surface area contributed by atoms with Gasteiger partial charge in [0, 0.05) is 37.3 Å². The van der Waals surface area contributed by atoms with Gasteiger partial charge >= 0.3 is 6.18 Å². The van der Waals surface area contributed by atoms with E-state index in [2.05, 4.69) is 15.3 Å². The van der Waals surface area contributed by atoms with E-state index in [1.807, 2.05) is 23.5 Å². The van der Waals surface area contributed by atoms with E-state index in [4.69, 9.17) is 4.42 Å². The number of hydrogen-bond acceptors (Lipinski definition) is 5. The number of furan rings is 1. The number of imidazole rings is 1. The highest BCUT2D eigenvalue weighted by molar-refractivity contribution is 6.05. The molecule has 0 saturated carbocycles. The zero-order valence-corrected chi connectivity index (χ0v) is 18.0. The molecular weight excluding hydrogens is 451 g/mol. The molecule has 2 amide bonds. The summed E-state index contributed by atoms with van der Waals surface area (Å²) in [5.41, 5.74) is 1.92. The van der Waals surface area contributed by atoms with Gasteiger partial charge in [-0.05, 0) is 36.4 Å². The summed E-state index contributed by atoms with van der Waals surface area (Å²) in [5.74, 6) is -1.84. The van der Waals surface area contributed by atoms with E-state index in [0.717, 1.165) is 18.0 Å². The first-order valence-electron chi connectivity index (χ1n) is 10.3. The van der Waals surface area contributed by atoms with Crippen LogP contribution >= 0.6 is 0 Å². The van der Waals surface area contributed by atoms with Gasteiger partial charge in [-0.1, -0.05) is 6.07 Å². The van der Waals surface area contributed by atoms with E-state index in [-0.39, 0.29) is 11.3 Å². The lowest BCUT2D eigenvalue weighted by molar-refractivity contribution is -0.159. The first-order chi connectivity index (χ1) is 16.2. The first-order valence-corrected chi connectivity index (χ1v) is 10.3. The van der Waals surface area contributed by atoms with E-state index < -0.39 is 29.8 Å². The smallest absolute Gasteiger partial charge is 0.415 e. The second-order valence-corrected chi connectivity index (χ2v) is 7.55. The second-order valence-electron chi connectivity index (χ2n) is 7.55. The summed E-state index contributed by atoms with van der Waals surface area (Å²) in [4.78, 5) is 33.2. The number of alkyl halides is 3. The van der Waals surface area contributed by atoms with Crippen LogP contribution in [0.4, 0.5) is 18.9 Å². The molecule has 176 valence electrons. The predicted molar refractivity (Wildman–Crippen MR) is 117 cm³/mol. The summed E-state index contributed by atoms with van der Waals surface area (Å²) in [5, 5.41) is 4.60. The average Bonchev–Trinajstić information content (AvgIpc) is 3.45. The Hall–Kier alpha value is -4.15. The third kappa shape index (κ3) is 5.08. The minimum atomic E-state index is -4.77. The molecular formula is C23H20F3N5O3. The Balaban J connectivity index is 1.66. The highest BCUT2D eigenvalue weighted by atomic mass is 19.4. The van der Waals surface area contributed by atoms with Crippen molar-refractivity contribution in [2.45, 2.75) is 32.1 Å². The molecule has 0 fully saturated rings. The Morgan fingerprint density at radius 2 is 1.97 bits per heavy atom. The third-order valence-electron chi connectivity index (χ3n) is 5.05. The first kappa shape index (κ1) is 23.0. The largest absolute Gasteiger partial charge is 0.467 e. The molecule has 4 aromatic rings. The Bertz CT molecular complexity index is 1300. The van der Waals surface area contributed by atoms with Gasteiger partial charge in [-0.15, -0.1) is 0 Å². The number of benzene rings is 1. The fourth-order valence-electron chi connectivity index (χ4n) is 3.56. The molecule has 0 aliphatic carbocycles. The van der Waals surface area contributed by atoms with Crippen LogP contribution in [0.25, 0.3) is 11.0 Å². The summed E-state index contributed by atoms with van der Waals surface area (Å²) in [7, 11) is 0. The van der Waals surface area contributed by atoms with Crippen molar-refractivity contribution >= 4 is 28.5 Å². The molecule has 2 N–H and O–H groups in total. The Morgan fingerprint density at radius 1 is 1.15 bits per heavy atom. The molecule has 11 heteroatoms. The van der Waals surface area contributed by atoms with Crippen LogP contribution < -0.4 is 10.6 Å². The minimum Gasteiger partial charge on any atom is -0.467 e. The number of aryl methyl sites for hydroxylation is 2. The zero-order chi connectivity index (χ0) is 24.3. The van der Waals surface area contributed by atoms with Crippen LogP contribution in [0.3, 0.4) is 0 Å². The normalized spacial score (nSPS) is 12.5. The number of nitrogens with zero attached hydrogens (tertiary/aromatic N) is 3. The van der Waals surface area contributed by atoms with Crippen molar-refractivity contribution in [3.8, 4) is 0 Å². The molecule has 0 unspecified atom stereocenters. The highest BCUT2D eigenvalue weighted by Crippen LogP contribution is 2.33. The van der Waals surface area contributed by atoms with Gasteiger partial charge in [-0.3, -0.25) is 14.6 Å². The number of pyridine rings is 1. The van der Waals surface area contributed by atoms with Gasteiger partial charge < -0.3 is 19.6 Å². The number of anilines is 1. The number of amides is 2. The molecule has 1 aromatic carbocycles. The van der Waals surface area contributed by atoms with Gasteiger partial charge in [0.1, 0.15) is 5.76 Å². The maximum Gasteiger partial charge on any atom is 0.415 e. The number of aromatic nitrogens is 3. The molecule has 0 saturated heterocycles. The number of fused-ring (bicyclic) bond motifs is 1. The number of carbonyl (C=O) groups excluding carboxylic acids is 2. The topological polar surface area (TPSA) is 102 Å². The highest BCUT2D eigenvalue weighted by Gasteiger charge is 2.44. The third-order valence-corrected chi connectivity index (χ3v) is 5.05. The summed E-state index contributed by atoms with van der Waals surface area (Å²) < 4.78 is 47.3. The van der Waals surface area contributed by atoms with Gasteiger partial charge in [-0.2, -0.15) is 13.2 Å². The van der Waals surface area contributed by atoms with Crippen LogP contribution in [0, 0.1) is 0 Å². The number of carbonyl (C=O) groups is 2. The lowest BCUT2D eigenvalue weighted by Gasteiger charge is -2.20. The maximum absolute atomic E-state index is 13.5. The van der Waals surface area contributed by atoms with Crippen molar-refractivity contribution < 1.29 is 27.2 Å². The summed E-state index contributed by atoms with van der Waals surface area (Å²) in [6.45, 7) is 1.78. The molecule has 0 radical (unpaired) electrons. The van der Waals surface area contributed by atoms with Crippen molar-refractivity contribution in [2.24, 2.45) is 0 Å². The fraction of sp³-hybridized carbons (Fsp3) is 0.217. The molecule has 3 aromatic heterocycles.